The molecule has 0 amide bonds. The Hall–Kier alpha value is -4.76. The molecule has 0 N–H and O–H groups in total. The molecule has 7 aromatic rings. The molecule has 0 unspecified atom stereocenters. The Bertz CT molecular complexity index is 1950. The standard InChI is InChI=1S/C32H19N3/c1-2-8-20(9-3-1)21-15-16-28-26(18-21)23-11-4-5-14-27(23)35(28)29-19-22-10-6-12-24-30(22)32(34-29)25-13-7-17-33-31(24)25/h1-19H. The van der Waals surface area contributed by atoms with E-state index < -0.39 is 0 Å². The third-order valence-corrected chi connectivity index (χ3v) is 7.17. The third-order valence-electron chi connectivity index (χ3n) is 7.17. The van der Waals surface area contributed by atoms with Crippen LogP contribution in [0.2, 0.25) is 0 Å². The smallest absolute Gasteiger partial charge is 0.138 e. The Morgan fingerprint density at radius 2 is 1.37 bits per heavy atom. The molecule has 35 heavy (non-hydrogen) atoms. The van der Waals surface area contributed by atoms with Crippen molar-refractivity contribution in [1.29, 1.82) is 0 Å². The minimum atomic E-state index is 0.931. The van der Waals surface area contributed by atoms with Crippen LogP contribution < -0.4 is 0 Å². The first kappa shape index (κ1) is 18.6. The Labute approximate surface area is 202 Å². The Morgan fingerprint density at radius 1 is 0.543 bits per heavy atom. The maximum absolute atomic E-state index is 5.26. The molecule has 1 aliphatic carbocycles. The van der Waals surface area contributed by atoms with Crippen molar-refractivity contribution in [2.75, 3.05) is 0 Å². The van der Waals surface area contributed by atoms with E-state index in [2.05, 4.69) is 113 Å². The van der Waals surface area contributed by atoms with E-state index >= 15 is 0 Å². The first-order chi connectivity index (χ1) is 17.4. The minimum Gasteiger partial charge on any atom is -0.294 e. The lowest BCUT2D eigenvalue weighted by Gasteiger charge is -2.11. The molecule has 0 saturated heterocycles. The number of fused-ring (bicyclic) bond motifs is 6. The second-order valence-electron chi connectivity index (χ2n) is 9.08. The molecule has 3 nitrogen and oxygen atoms in total. The third kappa shape index (κ3) is 2.55. The molecule has 162 valence electrons. The van der Waals surface area contributed by atoms with Crippen molar-refractivity contribution >= 4 is 32.6 Å². The van der Waals surface area contributed by atoms with E-state index in [-0.39, 0.29) is 0 Å². The van der Waals surface area contributed by atoms with Gasteiger partial charge < -0.3 is 0 Å². The quantitative estimate of drug-likeness (QED) is 0.269. The van der Waals surface area contributed by atoms with E-state index in [0.29, 0.717) is 0 Å². The van der Waals surface area contributed by atoms with Gasteiger partial charge in [-0.05, 0) is 52.9 Å². The molecule has 0 fully saturated rings. The van der Waals surface area contributed by atoms with Gasteiger partial charge in [-0.1, -0.05) is 72.8 Å². The average molecular weight is 446 g/mol. The summed E-state index contributed by atoms with van der Waals surface area (Å²) in [5.74, 6) is 0.931. The van der Waals surface area contributed by atoms with Gasteiger partial charge in [-0.3, -0.25) is 9.55 Å². The normalized spacial score (nSPS) is 12.0. The summed E-state index contributed by atoms with van der Waals surface area (Å²) in [5, 5.41) is 4.84. The second kappa shape index (κ2) is 6.87. The monoisotopic (exact) mass is 445 g/mol. The van der Waals surface area contributed by atoms with E-state index in [9.17, 15) is 0 Å². The van der Waals surface area contributed by atoms with Gasteiger partial charge in [-0.25, -0.2) is 4.98 Å². The lowest BCUT2D eigenvalue weighted by atomic mass is 10.0. The maximum Gasteiger partial charge on any atom is 0.138 e. The van der Waals surface area contributed by atoms with Gasteiger partial charge in [0, 0.05) is 33.5 Å². The SMILES string of the molecule is c1ccc(-c2ccc3c(c2)c2ccccc2n3-c2cc3cccc4c3c(n2)-c2cccnc2-4)cc1. The summed E-state index contributed by atoms with van der Waals surface area (Å²) in [6.07, 6.45) is 1.86. The van der Waals surface area contributed by atoms with E-state index in [0.717, 1.165) is 33.8 Å². The van der Waals surface area contributed by atoms with Gasteiger partial charge in [0.2, 0.25) is 0 Å². The van der Waals surface area contributed by atoms with Crippen molar-refractivity contribution in [3.63, 3.8) is 0 Å². The summed E-state index contributed by atoms with van der Waals surface area (Å²) in [4.78, 5) is 9.94. The van der Waals surface area contributed by atoms with Crippen LogP contribution in [0.3, 0.4) is 0 Å². The van der Waals surface area contributed by atoms with Crippen molar-refractivity contribution < 1.29 is 0 Å². The van der Waals surface area contributed by atoms with Crippen LogP contribution in [0.5, 0.6) is 0 Å². The molecule has 0 atom stereocenters. The first-order valence-corrected chi connectivity index (χ1v) is 11.9. The summed E-state index contributed by atoms with van der Waals surface area (Å²) in [7, 11) is 0. The molecular weight excluding hydrogens is 426 g/mol. The van der Waals surface area contributed by atoms with Gasteiger partial charge >= 0.3 is 0 Å². The summed E-state index contributed by atoms with van der Waals surface area (Å²) in [6.45, 7) is 0. The highest BCUT2D eigenvalue weighted by Crippen LogP contribution is 2.46. The van der Waals surface area contributed by atoms with E-state index in [1.54, 1.807) is 0 Å². The van der Waals surface area contributed by atoms with Gasteiger partial charge in [0.05, 0.1) is 22.4 Å². The summed E-state index contributed by atoms with van der Waals surface area (Å²) >= 11 is 0. The van der Waals surface area contributed by atoms with E-state index in [1.807, 2.05) is 12.3 Å². The van der Waals surface area contributed by atoms with Crippen molar-refractivity contribution in [2.45, 2.75) is 0 Å². The molecule has 0 spiro atoms. The van der Waals surface area contributed by atoms with Crippen molar-refractivity contribution in [3.8, 4) is 39.5 Å². The van der Waals surface area contributed by atoms with Crippen LogP contribution in [0.25, 0.3) is 72.0 Å². The molecule has 1 aliphatic rings. The van der Waals surface area contributed by atoms with Crippen LogP contribution in [0, 0.1) is 0 Å². The molecule has 3 heterocycles. The van der Waals surface area contributed by atoms with Crippen molar-refractivity contribution in [2.24, 2.45) is 0 Å². The number of hydrogen-bond acceptors (Lipinski definition) is 2. The summed E-state index contributed by atoms with van der Waals surface area (Å²) < 4.78 is 2.30. The van der Waals surface area contributed by atoms with Gasteiger partial charge in [0.15, 0.2) is 0 Å². The van der Waals surface area contributed by atoms with Gasteiger partial charge in [-0.2, -0.15) is 0 Å². The lowest BCUT2D eigenvalue weighted by Crippen LogP contribution is -1.98. The van der Waals surface area contributed by atoms with E-state index in [4.69, 9.17) is 4.98 Å². The fraction of sp³-hybridized carbons (Fsp3) is 0. The predicted octanol–water partition coefficient (Wildman–Crippen LogP) is 8.04. The van der Waals surface area contributed by atoms with Crippen LogP contribution in [0.1, 0.15) is 0 Å². The fourth-order valence-corrected chi connectivity index (χ4v) is 5.64. The highest BCUT2D eigenvalue weighted by Gasteiger charge is 2.25. The number of rotatable bonds is 2. The average Bonchev–Trinajstić information content (AvgIpc) is 3.43. The highest BCUT2D eigenvalue weighted by atomic mass is 15.1. The molecule has 8 rings (SSSR count). The fourth-order valence-electron chi connectivity index (χ4n) is 5.64. The van der Waals surface area contributed by atoms with Crippen LogP contribution in [0.4, 0.5) is 0 Å². The Balaban J connectivity index is 1.45. The van der Waals surface area contributed by atoms with E-state index in [1.165, 1.54) is 38.2 Å². The Morgan fingerprint density at radius 3 is 2.31 bits per heavy atom. The molecule has 3 aromatic heterocycles. The summed E-state index contributed by atoms with van der Waals surface area (Å²) in [6, 6.07) is 38.7. The van der Waals surface area contributed by atoms with Crippen LogP contribution in [-0.2, 0) is 0 Å². The summed E-state index contributed by atoms with van der Waals surface area (Å²) in [5.41, 5.74) is 9.07. The predicted molar refractivity (Wildman–Crippen MR) is 144 cm³/mol. The minimum absolute atomic E-state index is 0.931. The molecule has 0 bridgehead atoms. The largest absolute Gasteiger partial charge is 0.294 e. The zero-order valence-electron chi connectivity index (χ0n) is 18.8. The van der Waals surface area contributed by atoms with Crippen LogP contribution in [-0.4, -0.2) is 14.5 Å². The number of nitrogens with zero attached hydrogens (tertiary/aromatic N) is 3. The van der Waals surface area contributed by atoms with Crippen LogP contribution in [0.15, 0.2) is 115 Å². The molecule has 4 aromatic carbocycles. The molecule has 0 saturated carbocycles. The van der Waals surface area contributed by atoms with Gasteiger partial charge in [-0.15, -0.1) is 0 Å². The molecule has 0 aliphatic heterocycles. The number of hydrogen-bond donors (Lipinski definition) is 0. The number of para-hydroxylation sites is 1. The van der Waals surface area contributed by atoms with Crippen molar-refractivity contribution in [1.82, 2.24) is 14.5 Å². The zero-order chi connectivity index (χ0) is 22.9. The zero-order valence-corrected chi connectivity index (χ0v) is 18.8. The topological polar surface area (TPSA) is 30.7 Å². The van der Waals surface area contributed by atoms with Gasteiger partial charge in [0.1, 0.15) is 5.82 Å². The first-order valence-electron chi connectivity index (χ1n) is 11.9. The Kier molecular flexibility index (Phi) is 3.66. The highest BCUT2D eigenvalue weighted by molar-refractivity contribution is 6.14. The van der Waals surface area contributed by atoms with Crippen molar-refractivity contribution in [3.05, 3.63) is 115 Å². The number of aromatic nitrogens is 3. The lowest BCUT2D eigenvalue weighted by molar-refractivity contribution is 1.09. The number of pyridine rings is 2. The maximum atomic E-state index is 5.26. The molecular formula is C32H19N3. The van der Waals surface area contributed by atoms with Crippen LogP contribution >= 0.6 is 0 Å². The molecule has 0 radical (unpaired) electrons. The molecule has 3 heteroatoms. The second-order valence-corrected chi connectivity index (χ2v) is 9.08. The van der Waals surface area contributed by atoms with Gasteiger partial charge in [0.25, 0.3) is 0 Å². The number of benzene rings is 4.